The van der Waals surface area contributed by atoms with Gasteiger partial charge in [-0.3, -0.25) is 4.79 Å². The Bertz CT molecular complexity index is 771. The lowest BCUT2D eigenvalue weighted by Gasteiger charge is -2.23. The van der Waals surface area contributed by atoms with E-state index in [1.165, 1.54) is 24.3 Å². The minimum Gasteiger partial charge on any atom is -0.462 e. The lowest BCUT2D eigenvalue weighted by molar-refractivity contribution is -0.148. The first-order valence-corrected chi connectivity index (χ1v) is 11.1. The fourth-order valence-corrected chi connectivity index (χ4v) is 5.81. The van der Waals surface area contributed by atoms with Crippen molar-refractivity contribution in [3.63, 3.8) is 0 Å². The van der Waals surface area contributed by atoms with Gasteiger partial charge in [-0.15, -0.1) is 0 Å². The van der Waals surface area contributed by atoms with E-state index in [9.17, 15) is 13.8 Å². The lowest BCUT2D eigenvalue weighted by Crippen LogP contribution is -2.35. The minimum absolute atomic E-state index is 0.286. The summed E-state index contributed by atoms with van der Waals surface area (Å²) in [7, 11) is 0. The van der Waals surface area contributed by atoms with Crippen LogP contribution in [0.4, 0.5) is 4.39 Å². The highest BCUT2D eigenvalue weighted by molar-refractivity contribution is 8.56. The van der Waals surface area contributed by atoms with Gasteiger partial charge in [0.2, 0.25) is 0 Å². The van der Waals surface area contributed by atoms with Crippen LogP contribution in [0.15, 0.2) is 59.5 Å². The van der Waals surface area contributed by atoms with E-state index < -0.39 is 24.5 Å². The van der Waals surface area contributed by atoms with Crippen LogP contribution < -0.4 is 9.61 Å². The zero-order valence-electron chi connectivity index (χ0n) is 14.7. The van der Waals surface area contributed by atoms with Gasteiger partial charge < -0.3 is 9.26 Å². The first-order valence-electron chi connectivity index (χ1n) is 8.05. The largest absolute Gasteiger partial charge is 0.462 e. The quantitative estimate of drug-likeness (QED) is 0.498. The molecular weight excluding hydrogens is 376 g/mol. The van der Waals surface area contributed by atoms with Gasteiger partial charge in [0.1, 0.15) is 17.6 Å². The van der Waals surface area contributed by atoms with Crippen molar-refractivity contribution in [3.05, 3.63) is 60.4 Å². The van der Waals surface area contributed by atoms with Crippen LogP contribution in [-0.2, 0) is 14.1 Å². The SMILES string of the molecule is CC(C)OC(=O)[C@H](C)NP(=O)(Oc1ccccc1)Sc1ccc(F)cc1. The van der Waals surface area contributed by atoms with Gasteiger partial charge >= 0.3 is 12.7 Å². The van der Waals surface area contributed by atoms with Crippen molar-refractivity contribution in [2.24, 2.45) is 0 Å². The average Bonchev–Trinajstić information content (AvgIpc) is 2.57. The molecule has 0 heterocycles. The molecular formula is C18H21FNO4PS. The van der Waals surface area contributed by atoms with E-state index in [2.05, 4.69) is 5.09 Å². The van der Waals surface area contributed by atoms with Crippen LogP contribution in [-0.4, -0.2) is 18.1 Å². The predicted molar refractivity (Wildman–Crippen MR) is 101 cm³/mol. The van der Waals surface area contributed by atoms with E-state index in [0.29, 0.717) is 10.6 Å². The topological polar surface area (TPSA) is 64.6 Å². The molecule has 2 aromatic rings. The standard InChI is InChI=1S/C18H21FNO4PS/c1-13(2)23-18(21)14(3)20-25(22,24-16-7-5-4-6-8-16)26-17-11-9-15(19)10-12-17/h4-14H,1-3H3,(H,20,22)/t14-,25?/m0/s1. The maximum absolute atomic E-state index is 13.4. The third kappa shape index (κ3) is 6.48. The van der Waals surface area contributed by atoms with Crippen LogP contribution >= 0.6 is 18.1 Å². The van der Waals surface area contributed by atoms with Crippen LogP contribution in [0.1, 0.15) is 20.8 Å². The molecule has 0 amide bonds. The molecule has 140 valence electrons. The smallest absolute Gasteiger partial charge is 0.379 e. The average molecular weight is 397 g/mol. The summed E-state index contributed by atoms with van der Waals surface area (Å²) in [6.45, 7) is 1.43. The number of nitrogens with one attached hydrogen (secondary N) is 1. The van der Waals surface area contributed by atoms with Crippen molar-refractivity contribution >= 4 is 24.1 Å². The van der Waals surface area contributed by atoms with Crippen molar-refractivity contribution < 1.29 is 23.0 Å². The number of hydrogen-bond acceptors (Lipinski definition) is 5. The normalized spacial score (nSPS) is 14.5. The first kappa shape index (κ1) is 20.5. The number of ether oxygens (including phenoxy) is 1. The molecule has 0 aliphatic carbocycles. The highest BCUT2D eigenvalue weighted by atomic mass is 32.7. The van der Waals surface area contributed by atoms with Gasteiger partial charge in [-0.25, -0.2) is 14.0 Å². The fraction of sp³-hybridized carbons (Fsp3) is 0.278. The molecule has 1 N–H and O–H groups in total. The summed E-state index contributed by atoms with van der Waals surface area (Å²) in [5.74, 6) is -0.533. The Morgan fingerprint density at radius 1 is 1.08 bits per heavy atom. The molecule has 0 fully saturated rings. The third-order valence-corrected chi connectivity index (χ3v) is 6.84. The molecule has 1 unspecified atom stereocenters. The number of halogens is 1. The monoisotopic (exact) mass is 397 g/mol. The number of benzene rings is 2. The highest BCUT2D eigenvalue weighted by Gasteiger charge is 2.32. The zero-order chi connectivity index (χ0) is 19.2. The molecule has 0 saturated carbocycles. The van der Waals surface area contributed by atoms with Gasteiger partial charge in [-0.05, 0) is 68.6 Å². The molecule has 0 saturated heterocycles. The Balaban J connectivity index is 2.21. The molecule has 0 aromatic heterocycles. The van der Waals surface area contributed by atoms with Crippen molar-refractivity contribution in [2.45, 2.75) is 37.8 Å². The number of para-hydroxylation sites is 1. The van der Waals surface area contributed by atoms with Crippen molar-refractivity contribution in [1.82, 2.24) is 5.09 Å². The highest BCUT2D eigenvalue weighted by Crippen LogP contribution is 2.59. The molecule has 2 atom stereocenters. The predicted octanol–water partition coefficient (Wildman–Crippen LogP) is 5.03. The molecule has 0 spiro atoms. The Morgan fingerprint density at radius 3 is 2.27 bits per heavy atom. The van der Waals surface area contributed by atoms with Crippen molar-refractivity contribution in [2.75, 3.05) is 0 Å². The summed E-state index contributed by atoms with van der Waals surface area (Å²) in [4.78, 5) is 12.6. The van der Waals surface area contributed by atoms with E-state index in [4.69, 9.17) is 9.26 Å². The number of hydrogen-bond donors (Lipinski definition) is 1. The number of esters is 1. The summed E-state index contributed by atoms with van der Waals surface area (Å²) in [6.07, 6.45) is -0.286. The van der Waals surface area contributed by atoms with E-state index >= 15 is 0 Å². The number of rotatable bonds is 8. The van der Waals surface area contributed by atoms with Gasteiger partial charge in [-0.1, -0.05) is 18.2 Å². The minimum atomic E-state index is -3.59. The Kier molecular flexibility index (Phi) is 7.26. The van der Waals surface area contributed by atoms with Gasteiger partial charge in [0.05, 0.1) is 6.10 Å². The Hall–Kier alpha value is -1.82. The van der Waals surface area contributed by atoms with E-state index in [1.54, 1.807) is 51.1 Å². The van der Waals surface area contributed by atoms with Gasteiger partial charge in [0.25, 0.3) is 0 Å². The third-order valence-electron chi connectivity index (χ3n) is 3.07. The van der Waals surface area contributed by atoms with E-state index in [-0.39, 0.29) is 6.10 Å². The van der Waals surface area contributed by atoms with E-state index in [0.717, 1.165) is 11.4 Å². The molecule has 0 radical (unpaired) electrons. The molecule has 0 aliphatic rings. The first-order chi connectivity index (χ1) is 12.3. The number of carbonyl (C=O) groups is 1. The second kappa shape index (κ2) is 9.21. The van der Waals surface area contributed by atoms with Gasteiger partial charge in [0.15, 0.2) is 0 Å². The van der Waals surface area contributed by atoms with Crippen LogP contribution in [0, 0.1) is 5.82 Å². The van der Waals surface area contributed by atoms with Crippen LogP contribution in [0.3, 0.4) is 0 Å². The zero-order valence-corrected chi connectivity index (χ0v) is 16.4. The summed E-state index contributed by atoms with van der Waals surface area (Å²) in [5.41, 5.74) is 0. The lowest BCUT2D eigenvalue weighted by atomic mass is 10.3. The van der Waals surface area contributed by atoms with Crippen molar-refractivity contribution in [1.29, 1.82) is 0 Å². The van der Waals surface area contributed by atoms with Crippen LogP contribution in [0.2, 0.25) is 0 Å². The number of carbonyl (C=O) groups excluding carboxylic acids is 1. The summed E-state index contributed by atoms with van der Waals surface area (Å²) >= 11 is 0.907. The second-order valence-corrected chi connectivity index (χ2v) is 9.86. The molecule has 26 heavy (non-hydrogen) atoms. The van der Waals surface area contributed by atoms with Crippen LogP contribution in [0.25, 0.3) is 0 Å². The van der Waals surface area contributed by atoms with Crippen molar-refractivity contribution in [3.8, 4) is 5.75 Å². The maximum Gasteiger partial charge on any atom is 0.379 e. The van der Waals surface area contributed by atoms with Gasteiger partial charge in [0, 0.05) is 4.90 Å². The fourth-order valence-electron chi connectivity index (χ4n) is 1.95. The molecule has 2 aromatic carbocycles. The molecule has 0 bridgehead atoms. The molecule has 2 rings (SSSR count). The summed E-state index contributed by atoms with van der Waals surface area (Å²) < 4.78 is 37.3. The van der Waals surface area contributed by atoms with Gasteiger partial charge in [-0.2, -0.15) is 0 Å². The second-order valence-electron chi connectivity index (χ2n) is 5.78. The summed E-state index contributed by atoms with van der Waals surface area (Å²) in [6, 6.07) is 13.3. The van der Waals surface area contributed by atoms with E-state index in [1.807, 2.05) is 0 Å². The maximum atomic E-state index is 13.4. The molecule has 5 nitrogen and oxygen atoms in total. The summed E-state index contributed by atoms with van der Waals surface area (Å²) in [5, 5.41) is 2.74. The Labute approximate surface area is 156 Å². The molecule has 8 heteroatoms. The molecule has 0 aliphatic heterocycles. The Morgan fingerprint density at radius 2 is 1.69 bits per heavy atom. The van der Waals surface area contributed by atoms with Crippen LogP contribution in [0.5, 0.6) is 5.75 Å².